The molecule has 96 valence electrons. The minimum absolute atomic E-state index is 0.397. The third-order valence-electron chi connectivity index (χ3n) is 3.24. The van der Waals surface area contributed by atoms with Gasteiger partial charge in [0.25, 0.3) is 0 Å². The van der Waals surface area contributed by atoms with Gasteiger partial charge in [0.1, 0.15) is 5.75 Å². The van der Waals surface area contributed by atoms with Gasteiger partial charge in [-0.3, -0.25) is 0 Å². The Labute approximate surface area is 106 Å². The van der Waals surface area contributed by atoms with Gasteiger partial charge in [-0.15, -0.1) is 0 Å². The minimum Gasteiger partial charge on any atom is -0.497 e. The normalized spacial score (nSPS) is 10.8. The van der Waals surface area contributed by atoms with Crippen molar-refractivity contribution in [1.29, 1.82) is 0 Å². The Hall–Kier alpha value is -1.97. The first-order valence-electron chi connectivity index (χ1n) is 6.06. The van der Waals surface area contributed by atoms with Crippen molar-refractivity contribution in [3.05, 3.63) is 29.5 Å². The topological polar surface area (TPSA) is 51.5 Å². The number of aryl methyl sites for hydroxylation is 1. The van der Waals surface area contributed by atoms with Gasteiger partial charge in [0.2, 0.25) is 0 Å². The van der Waals surface area contributed by atoms with Gasteiger partial charge in [0, 0.05) is 23.1 Å². The summed E-state index contributed by atoms with van der Waals surface area (Å²) in [5, 5.41) is 10.2. The van der Waals surface area contributed by atoms with E-state index < -0.39 is 5.97 Å². The lowest BCUT2D eigenvalue weighted by atomic mass is 10.1. The van der Waals surface area contributed by atoms with Crippen LogP contribution in [0.5, 0.6) is 5.75 Å². The molecule has 1 aromatic heterocycles. The Kier molecular flexibility index (Phi) is 3.28. The highest BCUT2D eigenvalue weighted by molar-refractivity contribution is 6.05. The van der Waals surface area contributed by atoms with E-state index in [2.05, 4.69) is 4.57 Å². The van der Waals surface area contributed by atoms with E-state index in [1.807, 2.05) is 26.0 Å². The first-order valence-corrected chi connectivity index (χ1v) is 6.06. The third kappa shape index (κ3) is 1.74. The number of aromatic carboxylic acids is 1. The van der Waals surface area contributed by atoms with Crippen LogP contribution in [0.25, 0.3) is 10.9 Å². The van der Waals surface area contributed by atoms with E-state index in [0.29, 0.717) is 17.7 Å². The summed E-state index contributed by atoms with van der Waals surface area (Å²) in [5.41, 5.74) is 2.22. The number of carboxylic acids is 1. The number of nitrogens with zero attached hydrogens (tertiary/aromatic N) is 1. The summed E-state index contributed by atoms with van der Waals surface area (Å²) >= 11 is 0. The summed E-state index contributed by atoms with van der Waals surface area (Å²) in [7, 11) is 1.58. The molecule has 0 aliphatic rings. The Morgan fingerprint density at radius 2 is 2.11 bits per heavy atom. The quantitative estimate of drug-likeness (QED) is 0.903. The van der Waals surface area contributed by atoms with E-state index in [1.54, 1.807) is 13.2 Å². The number of rotatable bonds is 4. The van der Waals surface area contributed by atoms with Crippen molar-refractivity contribution >= 4 is 16.9 Å². The van der Waals surface area contributed by atoms with Crippen LogP contribution in [0.1, 0.15) is 29.9 Å². The van der Waals surface area contributed by atoms with Crippen LogP contribution in [-0.2, 0) is 13.0 Å². The van der Waals surface area contributed by atoms with E-state index >= 15 is 0 Å². The van der Waals surface area contributed by atoms with E-state index in [-0.39, 0.29) is 0 Å². The molecule has 0 saturated heterocycles. The van der Waals surface area contributed by atoms with Crippen molar-refractivity contribution in [3.63, 3.8) is 0 Å². The number of ether oxygens (including phenoxy) is 1. The summed E-state index contributed by atoms with van der Waals surface area (Å²) in [5.74, 6) is -0.196. The third-order valence-corrected chi connectivity index (χ3v) is 3.24. The van der Waals surface area contributed by atoms with Crippen LogP contribution < -0.4 is 4.74 Å². The van der Waals surface area contributed by atoms with Crippen LogP contribution in [0.15, 0.2) is 18.2 Å². The van der Waals surface area contributed by atoms with Crippen LogP contribution in [-0.4, -0.2) is 22.8 Å². The van der Waals surface area contributed by atoms with E-state index in [0.717, 1.165) is 23.1 Å². The summed E-state index contributed by atoms with van der Waals surface area (Å²) in [6.45, 7) is 4.76. The molecule has 2 aromatic rings. The molecule has 0 spiro atoms. The van der Waals surface area contributed by atoms with Gasteiger partial charge in [-0.05, 0) is 31.5 Å². The Morgan fingerprint density at radius 1 is 1.39 bits per heavy atom. The SMILES string of the molecule is CCc1c(C(=O)O)c2cc(OC)ccc2n1CC. The first kappa shape index (κ1) is 12.5. The van der Waals surface area contributed by atoms with E-state index in [1.165, 1.54) is 0 Å². The van der Waals surface area contributed by atoms with Gasteiger partial charge in [0.15, 0.2) is 0 Å². The maximum Gasteiger partial charge on any atom is 0.338 e. The molecule has 0 radical (unpaired) electrons. The molecule has 1 aromatic carbocycles. The maximum absolute atomic E-state index is 11.5. The van der Waals surface area contributed by atoms with Crippen LogP contribution in [0, 0.1) is 0 Å². The van der Waals surface area contributed by atoms with Gasteiger partial charge >= 0.3 is 5.97 Å². The molecule has 0 unspecified atom stereocenters. The van der Waals surface area contributed by atoms with Crippen molar-refractivity contribution in [2.45, 2.75) is 26.8 Å². The van der Waals surface area contributed by atoms with Crippen LogP contribution in [0.2, 0.25) is 0 Å². The fourth-order valence-electron chi connectivity index (χ4n) is 2.48. The molecule has 2 rings (SSSR count). The van der Waals surface area contributed by atoms with Gasteiger partial charge < -0.3 is 14.4 Å². The molecule has 0 aliphatic carbocycles. The van der Waals surface area contributed by atoms with Crippen molar-refractivity contribution in [3.8, 4) is 5.75 Å². The van der Waals surface area contributed by atoms with Gasteiger partial charge in [-0.1, -0.05) is 6.92 Å². The zero-order valence-corrected chi connectivity index (χ0v) is 10.9. The monoisotopic (exact) mass is 247 g/mol. The summed E-state index contributed by atoms with van der Waals surface area (Å²) in [6.07, 6.45) is 0.701. The Morgan fingerprint density at radius 3 is 2.61 bits per heavy atom. The van der Waals surface area contributed by atoms with Crippen molar-refractivity contribution in [2.24, 2.45) is 0 Å². The molecule has 0 fully saturated rings. The smallest absolute Gasteiger partial charge is 0.338 e. The molecule has 0 aliphatic heterocycles. The lowest BCUT2D eigenvalue weighted by Gasteiger charge is -2.06. The average molecular weight is 247 g/mol. The minimum atomic E-state index is -0.877. The second-order valence-corrected chi connectivity index (χ2v) is 4.11. The molecular formula is C14H17NO3. The molecule has 0 atom stereocenters. The number of fused-ring (bicyclic) bond motifs is 1. The van der Waals surface area contributed by atoms with Gasteiger partial charge in [-0.25, -0.2) is 4.79 Å². The van der Waals surface area contributed by atoms with Crippen molar-refractivity contribution in [1.82, 2.24) is 4.57 Å². The van der Waals surface area contributed by atoms with E-state index in [4.69, 9.17) is 4.74 Å². The second-order valence-electron chi connectivity index (χ2n) is 4.11. The predicted molar refractivity (Wildman–Crippen MR) is 70.5 cm³/mol. The number of carbonyl (C=O) groups is 1. The van der Waals surface area contributed by atoms with Crippen molar-refractivity contribution in [2.75, 3.05) is 7.11 Å². The predicted octanol–water partition coefficient (Wildman–Crippen LogP) is 2.93. The Bertz CT molecular complexity index is 599. The lowest BCUT2D eigenvalue weighted by Crippen LogP contribution is -2.04. The van der Waals surface area contributed by atoms with Crippen LogP contribution >= 0.6 is 0 Å². The largest absolute Gasteiger partial charge is 0.497 e. The Balaban J connectivity index is 2.87. The highest BCUT2D eigenvalue weighted by atomic mass is 16.5. The lowest BCUT2D eigenvalue weighted by molar-refractivity contribution is 0.0697. The fraction of sp³-hybridized carbons (Fsp3) is 0.357. The average Bonchev–Trinajstić information content (AvgIpc) is 2.70. The summed E-state index contributed by atoms with van der Waals surface area (Å²) in [6, 6.07) is 5.58. The van der Waals surface area contributed by atoms with Crippen LogP contribution in [0.3, 0.4) is 0 Å². The molecule has 0 bridgehead atoms. The molecule has 0 saturated carbocycles. The molecule has 1 N–H and O–H groups in total. The zero-order valence-electron chi connectivity index (χ0n) is 10.9. The number of benzene rings is 1. The molecule has 0 amide bonds. The van der Waals surface area contributed by atoms with Gasteiger partial charge in [-0.2, -0.15) is 0 Å². The van der Waals surface area contributed by atoms with Crippen LogP contribution in [0.4, 0.5) is 0 Å². The highest BCUT2D eigenvalue weighted by Crippen LogP contribution is 2.30. The van der Waals surface area contributed by atoms with Gasteiger partial charge in [0.05, 0.1) is 12.7 Å². The summed E-state index contributed by atoms with van der Waals surface area (Å²) < 4.78 is 7.23. The highest BCUT2D eigenvalue weighted by Gasteiger charge is 2.20. The molecular weight excluding hydrogens is 230 g/mol. The summed E-state index contributed by atoms with van der Waals surface area (Å²) in [4.78, 5) is 11.5. The molecule has 18 heavy (non-hydrogen) atoms. The number of hydrogen-bond donors (Lipinski definition) is 1. The number of methoxy groups -OCH3 is 1. The van der Waals surface area contributed by atoms with Crippen molar-refractivity contribution < 1.29 is 14.6 Å². The molecule has 4 nitrogen and oxygen atoms in total. The fourth-order valence-corrected chi connectivity index (χ4v) is 2.48. The standard InChI is InChI=1S/C14H17NO3/c1-4-11-13(14(16)17)10-8-9(18-3)6-7-12(10)15(11)5-2/h6-8H,4-5H2,1-3H3,(H,16,17). The molecule has 1 heterocycles. The zero-order chi connectivity index (χ0) is 13.3. The van der Waals surface area contributed by atoms with E-state index in [9.17, 15) is 9.90 Å². The number of hydrogen-bond acceptors (Lipinski definition) is 2. The molecule has 4 heteroatoms. The first-order chi connectivity index (χ1) is 8.63. The number of carboxylic acid groups (broad SMARTS) is 1. The number of aromatic nitrogens is 1. The second kappa shape index (κ2) is 4.72. The maximum atomic E-state index is 11.5.